The van der Waals surface area contributed by atoms with E-state index < -0.39 is 4.92 Å². The zero-order valence-corrected chi connectivity index (χ0v) is 11.5. The Hall–Kier alpha value is -1.78. The number of nitro groups is 1. The maximum Gasteiger partial charge on any atom is 0.293 e. The first kappa shape index (κ1) is 15.3. The summed E-state index contributed by atoms with van der Waals surface area (Å²) in [5.41, 5.74) is 0.459. The van der Waals surface area contributed by atoms with Gasteiger partial charge in [-0.15, -0.1) is 0 Å². The van der Waals surface area contributed by atoms with Crippen LogP contribution in [-0.4, -0.2) is 34.2 Å². The summed E-state index contributed by atoms with van der Waals surface area (Å²) in [4.78, 5) is 10.5. The lowest BCUT2D eigenvalue weighted by Crippen LogP contribution is -2.31. The summed E-state index contributed by atoms with van der Waals surface area (Å²) in [6.45, 7) is 1.83. The van der Waals surface area contributed by atoms with E-state index in [1.54, 1.807) is 0 Å². The first-order valence-electron chi connectivity index (χ1n) is 5.62. The number of anilines is 1. The van der Waals surface area contributed by atoms with Crippen LogP contribution in [0.4, 0.5) is 11.4 Å². The molecule has 0 aliphatic rings. The van der Waals surface area contributed by atoms with Crippen molar-refractivity contribution >= 4 is 23.1 Å². The lowest BCUT2D eigenvalue weighted by Gasteiger charge is -2.22. The molecule has 1 rings (SSSR count). The predicted octanol–water partition coefficient (Wildman–Crippen LogP) is 1.99. The average Bonchev–Trinajstić information content (AvgIpc) is 2.40. The molecule has 0 radical (unpaired) electrons. The molecule has 0 amide bonds. The Kier molecular flexibility index (Phi) is 5.60. The van der Waals surface area contributed by atoms with Crippen LogP contribution in [0.5, 0.6) is 0 Å². The quantitative estimate of drug-likeness (QED) is 0.611. The van der Waals surface area contributed by atoms with Crippen molar-refractivity contribution in [1.29, 1.82) is 5.26 Å². The van der Waals surface area contributed by atoms with Gasteiger partial charge >= 0.3 is 0 Å². The van der Waals surface area contributed by atoms with Crippen molar-refractivity contribution in [2.75, 3.05) is 18.2 Å². The van der Waals surface area contributed by atoms with E-state index in [1.807, 2.05) is 19.2 Å². The highest BCUT2D eigenvalue weighted by atomic mass is 32.2. The number of hydrogen-bond donors (Lipinski definition) is 2. The van der Waals surface area contributed by atoms with E-state index in [4.69, 9.17) is 5.26 Å². The second kappa shape index (κ2) is 6.97. The molecular weight excluding hydrogens is 266 g/mol. The Bertz CT molecular complexity index is 497. The van der Waals surface area contributed by atoms with Crippen molar-refractivity contribution in [2.45, 2.75) is 18.2 Å². The Labute approximate surface area is 115 Å². The molecule has 1 aromatic rings. The van der Waals surface area contributed by atoms with Crippen LogP contribution in [0.3, 0.4) is 0 Å². The minimum atomic E-state index is -0.525. The fourth-order valence-electron chi connectivity index (χ4n) is 1.65. The van der Waals surface area contributed by atoms with E-state index in [2.05, 4.69) is 5.32 Å². The van der Waals surface area contributed by atoms with Crippen LogP contribution in [0, 0.1) is 21.4 Å². The third-order valence-corrected chi connectivity index (χ3v) is 3.91. The Morgan fingerprint density at radius 1 is 1.63 bits per heavy atom. The fourth-order valence-corrected chi connectivity index (χ4v) is 2.27. The number of nitriles is 1. The van der Waals surface area contributed by atoms with Gasteiger partial charge in [0.05, 0.1) is 23.2 Å². The molecule has 0 bridgehead atoms. The molecule has 0 aliphatic heterocycles. The van der Waals surface area contributed by atoms with Crippen molar-refractivity contribution in [3.63, 3.8) is 0 Å². The van der Waals surface area contributed by atoms with E-state index in [-0.39, 0.29) is 29.1 Å². The number of hydrogen-bond acceptors (Lipinski definition) is 6. The molecule has 0 fully saturated rings. The predicted molar refractivity (Wildman–Crippen MR) is 75.3 cm³/mol. The summed E-state index contributed by atoms with van der Waals surface area (Å²) < 4.78 is 0. The van der Waals surface area contributed by atoms with E-state index in [0.29, 0.717) is 5.69 Å². The number of benzene rings is 1. The number of aliphatic hydroxyl groups excluding tert-OH is 1. The Morgan fingerprint density at radius 3 is 2.79 bits per heavy atom. The molecule has 0 saturated carbocycles. The molecule has 1 aromatic carbocycles. The number of aliphatic hydroxyl groups is 1. The molecule has 0 spiro atoms. The monoisotopic (exact) mass is 281 g/mol. The maximum atomic E-state index is 11.0. The van der Waals surface area contributed by atoms with Gasteiger partial charge in [0.2, 0.25) is 0 Å². The van der Waals surface area contributed by atoms with E-state index in [9.17, 15) is 15.2 Å². The van der Waals surface area contributed by atoms with Gasteiger partial charge in [0.25, 0.3) is 5.69 Å². The molecule has 0 heterocycles. The third kappa shape index (κ3) is 3.84. The molecule has 102 valence electrons. The average molecular weight is 281 g/mol. The number of rotatable bonds is 6. The molecule has 0 aliphatic carbocycles. The highest BCUT2D eigenvalue weighted by Gasteiger charge is 2.20. The standard InChI is InChI=1S/C12H15N3O3S/c1-8(12(7-16)19-2)14-10-4-3-9(6-13)5-11(10)15(17)18/h3-5,8,12,14,16H,7H2,1-2H3/t8-,12+/m1/s1. The van der Waals surface area contributed by atoms with Crippen LogP contribution in [0.1, 0.15) is 12.5 Å². The molecule has 0 aromatic heterocycles. The lowest BCUT2D eigenvalue weighted by molar-refractivity contribution is -0.384. The van der Waals surface area contributed by atoms with Crippen molar-refractivity contribution in [3.05, 3.63) is 33.9 Å². The van der Waals surface area contributed by atoms with Gasteiger partial charge < -0.3 is 10.4 Å². The minimum absolute atomic E-state index is 0.0145. The molecule has 19 heavy (non-hydrogen) atoms. The fraction of sp³-hybridized carbons (Fsp3) is 0.417. The molecule has 2 N–H and O–H groups in total. The van der Waals surface area contributed by atoms with Crippen molar-refractivity contribution in [1.82, 2.24) is 0 Å². The van der Waals surface area contributed by atoms with Crippen LogP contribution in [-0.2, 0) is 0 Å². The third-order valence-electron chi connectivity index (χ3n) is 2.75. The van der Waals surface area contributed by atoms with Crippen LogP contribution in [0.15, 0.2) is 18.2 Å². The summed E-state index contributed by atoms with van der Waals surface area (Å²) in [7, 11) is 0. The van der Waals surface area contributed by atoms with Gasteiger partial charge in [0.1, 0.15) is 5.69 Å². The normalized spacial score (nSPS) is 13.4. The van der Waals surface area contributed by atoms with Crippen molar-refractivity contribution < 1.29 is 10.0 Å². The van der Waals surface area contributed by atoms with E-state index in [1.165, 1.54) is 30.0 Å². The van der Waals surface area contributed by atoms with Crippen molar-refractivity contribution in [3.8, 4) is 6.07 Å². The number of nitrogens with one attached hydrogen (secondary N) is 1. The largest absolute Gasteiger partial charge is 0.395 e. The lowest BCUT2D eigenvalue weighted by atomic mass is 10.1. The summed E-state index contributed by atoms with van der Waals surface area (Å²) in [6, 6.07) is 6.02. The molecule has 2 atom stereocenters. The summed E-state index contributed by atoms with van der Waals surface area (Å²) in [5.74, 6) is 0. The van der Waals surface area contributed by atoms with Crippen LogP contribution >= 0.6 is 11.8 Å². The van der Waals surface area contributed by atoms with Gasteiger partial charge in [-0.2, -0.15) is 17.0 Å². The summed E-state index contributed by atoms with van der Waals surface area (Å²) in [5, 5.41) is 31.9. The van der Waals surface area contributed by atoms with Crippen LogP contribution < -0.4 is 5.32 Å². The smallest absolute Gasteiger partial charge is 0.293 e. The van der Waals surface area contributed by atoms with Crippen LogP contribution in [0.2, 0.25) is 0 Å². The van der Waals surface area contributed by atoms with Crippen molar-refractivity contribution in [2.24, 2.45) is 0 Å². The zero-order chi connectivity index (χ0) is 14.4. The van der Waals surface area contributed by atoms with Gasteiger partial charge in [-0.05, 0) is 25.3 Å². The first-order valence-corrected chi connectivity index (χ1v) is 6.91. The number of nitrogens with zero attached hydrogens (tertiary/aromatic N) is 2. The zero-order valence-electron chi connectivity index (χ0n) is 10.7. The van der Waals surface area contributed by atoms with E-state index >= 15 is 0 Å². The Balaban J connectivity index is 3.01. The van der Waals surface area contributed by atoms with Gasteiger partial charge in [-0.1, -0.05) is 0 Å². The van der Waals surface area contributed by atoms with Gasteiger partial charge in [0.15, 0.2) is 0 Å². The summed E-state index contributed by atoms with van der Waals surface area (Å²) in [6.07, 6.45) is 1.87. The molecule has 7 heteroatoms. The molecule has 0 saturated heterocycles. The highest BCUT2D eigenvalue weighted by Crippen LogP contribution is 2.27. The number of thioether (sulfide) groups is 1. The second-order valence-corrected chi connectivity index (χ2v) is 5.07. The minimum Gasteiger partial charge on any atom is -0.395 e. The first-order chi connectivity index (χ1) is 9.03. The summed E-state index contributed by atoms with van der Waals surface area (Å²) >= 11 is 1.48. The maximum absolute atomic E-state index is 11.0. The van der Waals surface area contributed by atoms with Crippen LogP contribution in [0.25, 0.3) is 0 Å². The molecular formula is C12H15N3O3S. The molecule has 0 unspecified atom stereocenters. The SMILES string of the molecule is CS[C@@H](CO)[C@@H](C)Nc1ccc(C#N)cc1[N+](=O)[O-]. The second-order valence-electron chi connectivity index (χ2n) is 3.99. The van der Waals surface area contributed by atoms with Gasteiger partial charge in [-0.25, -0.2) is 0 Å². The van der Waals surface area contributed by atoms with Gasteiger partial charge in [-0.3, -0.25) is 10.1 Å². The Morgan fingerprint density at radius 2 is 2.32 bits per heavy atom. The van der Waals surface area contributed by atoms with E-state index in [0.717, 1.165) is 0 Å². The topological polar surface area (TPSA) is 99.2 Å². The highest BCUT2D eigenvalue weighted by molar-refractivity contribution is 7.99. The number of nitro benzene ring substituents is 1. The van der Waals surface area contributed by atoms with Gasteiger partial charge in [0, 0.05) is 17.4 Å². The molecule has 6 nitrogen and oxygen atoms in total.